The molecular weight excluding hydrogens is 283 g/mol. The predicted octanol–water partition coefficient (Wildman–Crippen LogP) is 2.82. The van der Waals surface area contributed by atoms with Crippen molar-refractivity contribution in [1.82, 2.24) is 4.98 Å². The summed E-state index contributed by atoms with van der Waals surface area (Å²) in [7, 11) is 0. The largest absolute Gasteiger partial charge is 0.433 e. The average molecular weight is 301 g/mol. The van der Waals surface area contributed by atoms with Crippen LogP contribution in [-0.4, -0.2) is 23.5 Å². The second kappa shape index (κ2) is 5.54. The van der Waals surface area contributed by atoms with E-state index in [0.29, 0.717) is 6.54 Å². The number of alkyl halides is 3. The van der Waals surface area contributed by atoms with Crippen molar-refractivity contribution in [2.45, 2.75) is 38.9 Å². The van der Waals surface area contributed by atoms with Crippen LogP contribution < -0.4 is 10.6 Å². The molecule has 1 unspecified atom stereocenters. The summed E-state index contributed by atoms with van der Waals surface area (Å²) in [5.74, 6) is -0.460. The molecule has 2 rings (SSSR count). The molecule has 0 bridgehead atoms. The molecule has 4 nitrogen and oxygen atoms in total. The van der Waals surface area contributed by atoms with Gasteiger partial charge in [-0.25, -0.2) is 4.98 Å². The zero-order chi connectivity index (χ0) is 15.8. The Balaban J connectivity index is 2.51. The van der Waals surface area contributed by atoms with Crippen LogP contribution in [0.1, 0.15) is 42.7 Å². The number of carbonyl (C=O) groups excluding carboxylic acids is 1. The first-order valence-corrected chi connectivity index (χ1v) is 6.86. The van der Waals surface area contributed by atoms with Crippen molar-refractivity contribution in [3.63, 3.8) is 0 Å². The number of pyridine rings is 1. The van der Waals surface area contributed by atoms with E-state index in [0.717, 1.165) is 25.0 Å². The Morgan fingerprint density at radius 2 is 2.10 bits per heavy atom. The highest BCUT2D eigenvalue weighted by molar-refractivity contribution is 5.97. The lowest BCUT2D eigenvalue weighted by Gasteiger charge is -2.30. The predicted molar refractivity (Wildman–Crippen MR) is 73.0 cm³/mol. The van der Waals surface area contributed by atoms with Crippen molar-refractivity contribution in [1.29, 1.82) is 0 Å². The van der Waals surface area contributed by atoms with Gasteiger partial charge in [-0.1, -0.05) is 13.8 Å². The summed E-state index contributed by atoms with van der Waals surface area (Å²) < 4.78 is 38.5. The lowest BCUT2D eigenvalue weighted by atomic mass is 10.0. The van der Waals surface area contributed by atoms with E-state index in [1.165, 1.54) is 0 Å². The molecule has 1 aromatic heterocycles. The van der Waals surface area contributed by atoms with E-state index in [4.69, 9.17) is 5.73 Å². The Hall–Kier alpha value is -1.79. The van der Waals surface area contributed by atoms with E-state index in [2.05, 4.69) is 4.98 Å². The molecule has 1 aromatic rings. The minimum Gasteiger partial charge on any atom is -0.365 e. The molecule has 1 aliphatic heterocycles. The molecule has 1 saturated heterocycles. The molecular formula is C14H18F3N3O. The molecule has 2 N–H and O–H groups in total. The Labute approximate surface area is 121 Å². The quantitative estimate of drug-likeness (QED) is 0.934. The Bertz CT molecular complexity index is 543. The summed E-state index contributed by atoms with van der Waals surface area (Å²) in [6.45, 7) is 4.58. The zero-order valence-corrected chi connectivity index (χ0v) is 11.9. The van der Waals surface area contributed by atoms with Crippen LogP contribution in [-0.2, 0) is 6.18 Å². The number of hydrogen-bond acceptors (Lipinski definition) is 3. The molecule has 0 aliphatic carbocycles. The second-order valence-corrected chi connectivity index (χ2v) is 5.58. The average Bonchev–Trinajstić information content (AvgIpc) is 2.85. The summed E-state index contributed by atoms with van der Waals surface area (Å²) in [5, 5.41) is 0. The lowest BCUT2D eigenvalue weighted by molar-refractivity contribution is -0.141. The van der Waals surface area contributed by atoms with Crippen LogP contribution >= 0.6 is 0 Å². The van der Waals surface area contributed by atoms with Crippen LogP contribution in [0, 0.1) is 5.92 Å². The van der Waals surface area contributed by atoms with Gasteiger partial charge in [0.2, 0.25) is 0 Å². The zero-order valence-electron chi connectivity index (χ0n) is 11.9. The third kappa shape index (κ3) is 3.11. The van der Waals surface area contributed by atoms with E-state index < -0.39 is 17.8 Å². The number of aromatic nitrogens is 1. The smallest absolute Gasteiger partial charge is 0.365 e. The van der Waals surface area contributed by atoms with Crippen molar-refractivity contribution in [3.8, 4) is 0 Å². The van der Waals surface area contributed by atoms with Crippen molar-refractivity contribution in [2.75, 3.05) is 11.4 Å². The standard InChI is InChI=1S/C14H18F3N3O/c1-8(2)10-4-3-7-20(10)13-9(12(18)21)5-6-11(19-13)14(15,16)17/h5-6,8,10H,3-4,7H2,1-2H3,(H2,18,21). The number of primary amides is 1. The maximum atomic E-state index is 12.8. The van der Waals surface area contributed by atoms with Crippen molar-refractivity contribution in [2.24, 2.45) is 11.7 Å². The fourth-order valence-corrected chi connectivity index (χ4v) is 2.77. The van der Waals surface area contributed by atoms with Crippen molar-refractivity contribution >= 4 is 11.7 Å². The number of nitrogens with two attached hydrogens (primary N) is 1. The van der Waals surface area contributed by atoms with Crippen molar-refractivity contribution < 1.29 is 18.0 Å². The number of carbonyl (C=O) groups is 1. The molecule has 21 heavy (non-hydrogen) atoms. The first-order chi connectivity index (χ1) is 9.71. The molecule has 1 amide bonds. The van der Waals surface area contributed by atoms with E-state index >= 15 is 0 Å². The SMILES string of the molecule is CC(C)C1CCCN1c1nc(C(F)(F)F)ccc1C(N)=O. The number of amides is 1. The van der Waals surface area contributed by atoms with Gasteiger partial charge in [-0.05, 0) is 30.9 Å². The van der Waals surface area contributed by atoms with Gasteiger partial charge in [-0.2, -0.15) is 13.2 Å². The topological polar surface area (TPSA) is 59.2 Å². The lowest BCUT2D eigenvalue weighted by Crippen LogP contribution is -2.36. The van der Waals surface area contributed by atoms with Crippen LogP contribution in [0.15, 0.2) is 12.1 Å². The third-order valence-electron chi connectivity index (χ3n) is 3.77. The Kier molecular flexibility index (Phi) is 4.11. The minimum absolute atomic E-state index is 0.0375. The molecule has 1 fully saturated rings. The fraction of sp³-hybridized carbons (Fsp3) is 0.571. The van der Waals surface area contributed by atoms with E-state index in [1.807, 2.05) is 13.8 Å². The maximum absolute atomic E-state index is 12.8. The Morgan fingerprint density at radius 1 is 1.43 bits per heavy atom. The van der Waals surface area contributed by atoms with Crippen LogP contribution in [0.4, 0.5) is 19.0 Å². The van der Waals surface area contributed by atoms with Gasteiger partial charge in [-0.3, -0.25) is 4.79 Å². The molecule has 0 spiro atoms. The van der Waals surface area contributed by atoms with Crippen LogP contribution in [0.25, 0.3) is 0 Å². The van der Waals surface area contributed by atoms with Gasteiger partial charge in [0.25, 0.3) is 5.91 Å². The van der Waals surface area contributed by atoms with Crippen LogP contribution in [0.3, 0.4) is 0 Å². The summed E-state index contributed by atoms with van der Waals surface area (Å²) in [6, 6.07) is 1.98. The summed E-state index contributed by atoms with van der Waals surface area (Å²) in [4.78, 5) is 16.9. The van der Waals surface area contributed by atoms with Crippen LogP contribution in [0.5, 0.6) is 0 Å². The first kappa shape index (κ1) is 15.6. The summed E-state index contributed by atoms with van der Waals surface area (Å²) in [5.41, 5.74) is 4.31. The van der Waals surface area contributed by atoms with E-state index in [-0.39, 0.29) is 23.3 Å². The van der Waals surface area contributed by atoms with Gasteiger partial charge >= 0.3 is 6.18 Å². The van der Waals surface area contributed by atoms with E-state index in [9.17, 15) is 18.0 Å². The molecule has 1 aliphatic rings. The van der Waals surface area contributed by atoms with Gasteiger partial charge in [0.1, 0.15) is 11.5 Å². The molecule has 7 heteroatoms. The number of nitrogens with zero attached hydrogens (tertiary/aromatic N) is 2. The molecule has 2 heterocycles. The molecule has 0 aromatic carbocycles. The highest BCUT2D eigenvalue weighted by Gasteiger charge is 2.36. The van der Waals surface area contributed by atoms with Gasteiger partial charge in [0, 0.05) is 12.6 Å². The van der Waals surface area contributed by atoms with Gasteiger partial charge < -0.3 is 10.6 Å². The number of anilines is 1. The molecule has 1 atom stereocenters. The summed E-state index contributed by atoms with van der Waals surface area (Å²) in [6.07, 6.45) is -2.81. The monoisotopic (exact) mass is 301 g/mol. The number of hydrogen-bond donors (Lipinski definition) is 1. The van der Waals surface area contributed by atoms with Gasteiger partial charge in [-0.15, -0.1) is 0 Å². The maximum Gasteiger partial charge on any atom is 0.433 e. The number of rotatable bonds is 3. The van der Waals surface area contributed by atoms with Gasteiger partial charge in [0.15, 0.2) is 0 Å². The highest BCUT2D eigenvalue weighted by atomic mass is 19.4. The normalized spacial score (nSPS) is 19.3. The van der Waals surface area contributed by atoms with Crippen LogP contribution in [0.2, 0.25) is 0 Å². The molecule has 0 saturated carbocycles. The highest BCUT2D eigenvalue weighted by Crippen LogP contribution is 2.34. The minimum atomic E-state index is -4.54. The van der Waals surface area contributed by atoms with Gasteiger partial charge in [0.05, 0.1) is 5.56 Å². The first-order valence-electron chi connectivity index (χ1n) is 6.86. The second-order valence-electron chi connectivity index (χ2n) is 5.58. The Morgan fingerprint density at radius 3 is 2.62 bits per heavy atom. The molecule has 0 radical (unpaired) electrons. The molecule has 116 valence electrons. The summed E-state index contributed by atoms with van der Waals surface area (Å²) >= 11 is 0. The third-order valence-corrected chi connectivity index (χ3v) is 3.77. The van der Waals surface area contributed by atoms with Crippen molar-refractivity contribution in [3.05, 3.63) is 23.4 Å². The number of halogens is 3. The fourth-order valence-electron chi connectivity index (χ4n) is 2.77. The van der Waals surface area contributed by atoms with E-state index in [1.54, 1.807) is 4.90 Å².